The zero-order valence-corrected chi connectivity index (χ0v) is 11.9. The third-order valence-electron chi connectivity index (χ3n) is 4.61. The van der Waals surface area contributed by atoms with Gasteiger partial charge in [-0.2, -0.15) is 0 Å². The summed E-state index contributed by atoms with van der Waals surface area (Å²) >= 11 is 0. The highest BCUT2D eigenvalue weighted by Crippen LogP contribution is 2.46. The fraction of sp³-hybridized carbons (Fsp3) is 0.105. The number of anilines is 1. The Morgan fingerprint density at radius 3 is 2.77 bits per heavy atom. The van der Waals surface area contributed by atoms with Gasteiger partial charge in [-0.25, -0.2) is 0 Å². The number of para-hydroxylation sites is 1. The lowest BCUT2D eigenvalue weighted by molar-refractivity contribution is 0.321. The van der Waals surface area contributed by atoms with Gasteiger partial charge in [-0.15, -0.1) is 0 Å². The Balaban J connectivity index is 1.80. The van der Waals surface area contributed by atoms with Crippen molar-refractivity contribution < 1.29 is 4.84 Å². The Kier molecular flexibility index (Phi) is 2.20. The SMILES string of the molecule is C1=NOc2ccc3ccccc3c2C12Cc1ccccc1N2. The van der Waals surface area contributed by atoms with Crippen LogP contribution >= 0.6 is 0 Å². The van der Waals surface area contributed by atoms with Crippen LogP contribution in [0.25, 0.3) is 10.8 Å². The third kappa shape index (κ3) is 1.48. The number of rotatable bonds is 0. The second kappa shape index (κ2) is 4.10. The quantitative estimate of drug-likeness (QED) is 0.675. The highest BCUT2D eigenvalue weighted by Gasteiger charge is 2.42. The normalized spacial score (nSPS) is 21.3. The Labute approximate surface area is 128 Å². The minimum atomic E-state index is -0.321. The molecular weight excluding hydrogens is 272 g/mol. The predicted octanol–water partition coefficient (Wildman–Crippen LogP) is 4.08. The van der Waals surface area contributed by atoms with Crippen molar-refractivity contribution in [3.8, 4) is 5.75 Å². The van der Waals surface area contributed by atoms with Crippen LogP contribution in [0.2, 0.25) is 0 Å². The maximum atomic E-state index is 5.55. The molecule has 3 heteroatoms. The largest absolute Gasteiger partial charge is 0.370 e. The number of oxime groups is 1. The van der Waals surface area contributed by atoms with E-state index in [4.69, 9.17) is 4.84 Å². The van der Waals surface area contributed by atoms with Gasteiger partial charge in [0.1, 0.15) is 5.54 Å². The molecule has 0 saturated heterocycles. The van der Waals surface area contributed by atoms with Crippen LogP contribution in [0.1, 0.15) is 11.1 Å². The summed E-state index contributed by atoms with van der Waals surface area (Å²) in [6.45, 7) is 0. The van der Waals surface area contributed by atoms with Crippen molar-refractivity contribution in [2.24, 2.45) is 5.16 Å². The van der Waals surface area contributed by atoms with E-state index in [9.17, 15) is 0 Å². The van der Waals surface area contributed by atoms with E-state index >= 15 is 0 Å². The van der Waals surface area contributed by atoms with Gasteiger partial charge in [0, 0.05) is 17.7 Å². The van der Waals surface area contributed by atoms with Gasteiger partial charge < -0.3 is 10.2 Å². The molecule has 0 radical (unpaired) electrons. The first kappa shape index (κ1) is 11.8. The fourth-order valence-corrected chi connectivity index (χ4v) is 3.64. The van der Waals surface area contributed by atoms with Crippen LogP contribution < -0.4 is 10.2 Å². The van der Waals surface area contributed by atoms with Gasteiger partial charge in [0.2, 0.25) is 0 Å². The molecule has 2 aliphatic heterocycles. The maximum Gasteiger partial charge on any atom is 0.164 e. The van der Waals surface area contributed by atoms with E-state index < -0.39 is 0 Å². The van der Waals surface area contributed by atoms with Gasteiger partial charge >= 0.3 is 0 Å². The summed E-state index contributed by atoms with van der Waals surface area (Å²) in [6, 6.07) is 21.0. The van der Waals surface area contributed by atoms with E-state index in [0.717, 1.165) is 12.2 Å². The van der Waals surface area contributed by atoms with Gasteiger partial charge in [0.25, 0.3) is 0 Å². The average molecular weight is 286 g/mol. The highest BCUT2D eigenvalue weighted by molar-refractivity contribution is 5.96. The molecule has 1 spiro atoms. The molecule has 2 heterocycles. The molecule has 3 aromatic carbocycles. The second-order valence-electron chi connectivity index (χ2n) is 5.92. The van der Waals surface area contributed by atoms with Crippen molar-refractivity contribution in [1.82, 2.24) is 0 Å². The molecule has 1 N–H and O–H groups in total. The lowest BCUT2D eigenvalue weighted by Crippen LogP contribution is -2.37. The van der Waals surface area contributed by atoms with Crippen LogP contribution in [0.4, 0.5) is 5.69 Å². The summed E-state index contributed by atoms with van der Waals surface area (Å²) in [5.41, 5.74) is 3.35. The zero-order valence-electron chi connectivity index (χ0n) is 11.9. The van der Waals surface area contributed by atoms with E-state index in [0.29, 0.717) is 0 Å². The van der Waals surface area contributed by atoms with Crippen molar-refractivity contribution in [2.45, 2.75) is 12.0 Å². The van der Waals surface area contributed by atoms with Crippen LogP contribution in [-0.2, 0) is 12.0 Å². The molecule has 0 saturated carbocycles. The van der Waals surface area contributed by atoms with Crippen molar-refractivity contribution in [3.63, 3.8) is 0 Å². The van der Waals surface area contributed by atoms with E-state index in [1.165, 1.54) is 27.6 Å². The third-order valence-corrected chi connectivity index (χ3v) is 4.61. The number of nitrogens with zero attached hydrogens (tertiary/aromatic N) is 1. The topological polar surface area (TPSA) is 33.6 Å². The molecule has 2 aliphatic rings. The molecule has 0 amide bonds. The second-order valence-corrected chi connectivity index (χ2v) is 5.92. The minimum Gasteiger partial charge on any atom is -0.370 e. The smallest absolute Gasteiger partial charge is 0.164 e. The Morgan fingerprint density at radius 1 is 0.955 bits per heavy atom. The summed E-state index contributed by atoms with van der Waals surface area (Å²) in [5.74, 6) is 0.835. The number of hydrogen-bond donors (Lipinski definition) is 1. The average Bonchev–Trinajstić information content (AvgIpc) is 2.93. The van der Waals surface area contributed by atoms with Crippen LogP contribution in [-0.4, -0.2) is 6.21 Å². The van der Waals surface area contributed by atoms with E-state index in [1.807, 2.05) is 12.3 Å². The van der Waals surface area contributed by atoms with E-state index in [1.54, 1.807) is 0 Å². The number of nitrogens with one attached hydrogen (secondary N) is 1. The van der Waals surface area contributed by atoms with Crippen molar-refractivity contribution in [1.29, 1.82) is 0 Å². The van der Waals surface area contributed by atoms with Crippen molar-refractivity contribution in [2.75, 3.05) is 5.32 Å². The predicted molar refractivity (Wildman–Crippen MR) is 88.5 cm³/mol. The minimum absolute atomic E-state index is 0.321. The van der Waals surface area contributed by atoms with Crippen LogP contribution in [0, 0.1) is 0 Å². The molecule has 0 aromatic heterocycles. The summed E-state index contributed by atoms with van der Waals surface area (Å²) in [6.07, 6.45) is 2.79. The van der Waals surface area contributed by atoms with Crippen molar-refractivity contribution in [3.05, 3.63) is 71.8 Å². The van der Waals surface area contributed by atoms with Crippen LogP contribution in [0.3, 0.4) is 0 Å². The molecule has 3 aromatic rings. The Morgan fingerprint density at radius 2 is 1.82 bits per heavy atom. The number of hydrogen-bond acceptors (Lipinski definition) is 3. The molecule has 5 rings (SSSR count). The summed E-state index contributed by atoms with van der Waals surface area (Å²) < 4.78 is 0. The first-order valence-electron chi connectivity index (χ1n) is 7.46. The molecular formula is C19H14N2O. The van der Waals surface area contributed by atoms with Gasteiger partial charge in [0.05, 0.1) is 6.21 Å². The summed E-state index contributed by atoms with van der Waals surface area (Å²) in [4.78, 5) is 5.55. The van der Waals surface area contributed by atoms with Crippen LogP contribution in [0.15, 0.2) is 65.8 Å². The van der Waals surface area contributed by atoms with Gasteiger partial charge in [-0.1, -0.05) is 53.7 Å². The molecule has 1 unspecified atom stereocenters. The number of benzene rings is 3. The van der Waals surface area contributed by atoms with Crippen LogP contribution in [0.5, 0.6) is 5.75 Å². The van der Waals surface area contributed by atoms with Gasteiger partial charge in [0.15, 0.2) is 5.75 Å². The highest BCUT2D eigenvalue weighted by atomic mass is 16.6. The molecule has 0 bridgehead atoms. The first-order chi connectivity index (χ1) is 10.9. The molecule has 0 fully saturated rings. The molecule has 1 atom stereocenters. The maximum absolute atomic E-state index is 5.55. The Bertz CT molecular complexity index is 905. The molecule has 106 valence electrons. The summed E-state index contributed by atoms with van der Waals surface area (Å²) in [5, 5.41) is 10.3. The Hall–Kier alpha value is -2.81. The molecule has 22 heavy (non-hydrogen) atoms. The van der Waals surface area contributed by atoms with E-state index in [-0.39, 0.29) is 5.54 Å². The first-order valence-corrected chi connectivity index (χ1v) is 7.46. The van der Waals surface area contributed by atoms with Gasteiger partial charge in [-0.05, 0) is 28.5 Å². The molecule has 0 aliphatic carbocycles. The molecule has 3 nitrogen and oxygen atoms in total. The number of fused-ring (bicyclic) bond motifs is 5. The monoisotopic (exact) mass is 286 g/mol. The fourth-order valence-electron chi connectivity index (χ4n) is 3.64. The van der Waals surface area contributed by atoms with Gasteiger partial charge in [-0.3, -0.25) is 0 Å². The lowest BCUT2D eigenvalue weighted by Gasteiger charge is -2.31. The van der Waals surface area contributed by atoms with Crippen molar-refractivity contribution >= 4 is 22.7 Å². The lowest BCUT2D eigenvalue weighted by atomic mass is 9.83. The standard InChI is InChI=1S/C19H14N2O/c1-3-7-15-13(5-1)9-10-17-18(15)19(12-20-22-17)11-14-6-2-4-8-16(14)21-19/h1-10,12,21H,11H2. The van der Waals surface area contributed by atoms with E-state index in [2.05, 4.69) is 65.1 Å². The zero-order chi connectivity index (χ0) is 14.6. The summed E-state index contributed by atoms with van der Waals surface area (Å²) in [7, 11) is 0.